The van der Waals surface area contributed by atoms with Crippen molar-refractivity contribution in [1.29, 1.82) is 0 Å². The Balaban J connectivity index is 1.46. The molecule has 0 saturated heterocycles. The largest absolute Gasteiger partial charge is 0.391 e. The summed E-state index contributed by atoms with van der Waals surface area (Å²) >= 11 is 0. The second kappa shape index (κ2) is 9.05. The van der Waals surface area contributed by atoms with Crippen molar-refractivity contribution in [2.24, 2.45) is 5.16 Å². The highest BCUT2D eigenvalue weighted by molar-refractivity contribution is 6.00. The maximum Gasteiger partial charge on any atom is 0.244 e. The number of carbonyl (C=O) groups excluding carboxylic acids is 1. The molecule has 6 heteroatoms. The monoisotopic (exact) mass is 401 g/mol. The summed E-state index contributed by atoms with van der Waals surface area (Å²) in [5.41, 5.74) is 3.35. The van der Waals surface area contributed by atoms with E-state index in [0.29, 0.717) is 12.3 Å². The van der Waals surface area contributed by atoms with E-state index in [9.17, 15) is 9.18 Å². The van der Waals surface area contributed by atoms with Crippen molar-refractivity contribution in [3.8, 4) is 0 Å². The van der Waals surface area contributed by atoms with Crippen LogP contribution >= 0.6 is 0 Å². The first-order valence-corrected chi connectivity index (χ1v) is 9.51. The summed E-state index contributed by atoms with van der Waals surface area (Å²) in [7, 11) is 0. The second-order valence-corrected chi connectivity index (χ2v) is 6.78. The molecule has 150 valence electrons. The third kappa shape index (κ3) is 4.72. The van der Waals surface area contributed by atoms with E-state index in [1.165, 1.54) is 24.3 Å². The fourth-order valence-corrected chi connectivity index (χ4v) is 3.18. The normalized spacial score (nSPS) is 11.1. The molecule has 0 aliphatic heterocycles. The van der Waals surface area contributed by atoms with Crippen molar-refractivity contribution in [3.63, 3.8) is 0 Å². The molecule has 0 radical (unpaired) electrons. The number of nitrogens with one attached hydrogen (secondary N) is 1. The summed E-state index contributed by atoms with van der Waals surface area (Å²) in [5.74, 6) is -0.547. The van der Waals surface area contributed by atoms with Crippen molar-refractivity contribution in [3.05, 3.63) is 102 Å². The summed E-state index contributed by atoms with van der Waals surface area (Å²) in [6.45, 7) is 0.507. The minimum atomic E-state index is -0.345. The van der Waals surface area contributed by atoms with Crippen molar-refractivity contribution in [1.82, 2.24) is 4.57 Å². The van der Waals surface area contributed by atoms with Crippen molar-refractivity contribution < 1.29 is 14.0 Å². The van der Waals surface area contributed by atoms with Crippen LogP contribution in [0, 0.1) is 5.82 Å². The Kier molecular flexibility index (Phi) is 5.85. The second-order valence-electron chi connectivity index (χ2n) is 6.78. The van der Waals surface area contributed by atoms with E-state index in [4.69, 9.17) is 4.84 Å². The quantitative estimate of drug-likeness (QED) is 0.351. The third-order valence-electron chi connectivity index (χ3n) is 4.60. The van der Waals surface area contributed by atoms with Gasteiger partial charge < -0.3 is 14.7 Å². The number of para-hydroxylation sites is 1. The topological polar surface area (TPSA) is 55.6 Å². The van der Waals surface area contributed by atoms with Gasteiger partial charge in [0.15, 0.2) is 0 Å². The van der Waals surface area contributed by atoms with Crippen LogP contribution in [0.1, 0.15) is 11.1 Å². The highest BCUT2D eigenvalue weighted by atomic mass is 19.1. The van der Waals surface area contributed by atoms with E-state index in [1.54, 1.807) is 6.21 Å². The van der Waals surface area contributed by atoms with Gasteiger partial charge in [-0.2, -0.15) is 0 Å². The van der Waals surface area contributed by atoms with E-state index < -0.39 is 0 Å². The number of aromatic nitrogens is 1. The Hall–Kier alpha value is -3.93. The number of fused-ring (bicyclic) bond motifs is 1. The maximum absolute atomic E-state index is 13.0. The zero-order valence-corrected chi connectivity index (χ0v) is 16.2. The number of hydrogen-bond acceptors (Lipinski definition) is 3. The average molecular weight is 401 g/mol. The van der Waals surface area contributed by atoms with Crippen molar-refractivity contribution in [2.45, 2.75) is 13.2 Å². The highest BCUT2D eigenvalue weighted by Gasteiger charge is 2.10. The Bertz CT molecular complexity index is 1170. The number of rotatable bonds is 7. The van der Waals surface area contributed by atoms with E-state index in [2.05, 4.69) is 10.5 Å². The minimum Gasteiger partial charge on any atom is -0.391 e. The zero-order chi connectivity index (χ0) is 20.8. The molecule has 30 heavy (non-hydrogen) atoms. The number of halogens is 1. The Morgan fingerprint density at radius 2 is 1.73 bits per heavy atom. The molecule has 4 rings (SSSR count). The van der Waals surface area contributed by atoms with Crippen LogP contribution in [0.2, 0.25) is 0 Å². The van der Waals surface area contributed by atoms with Gasteiger partial charge in [0, 0.05) is 28.4 Å². The van der Waals surface area contributed by atoms with Gasteiger partial charge in [0.25, 0.3) is 0 Å². The molecule has 0 aliphatic carbocycles. The van der Waals surface area contributed by atoms with Gasteiger partial charge in [0.2, 0.25) is 5.91 Å². The first-order valence-electron chi connectivity index (χ1n) is 9.51. The number of hydrogen-bond donors (Lipinski definition) is 1. The molecule has 0 atom stereocenters. The molecule has 0 bridgehead atoms. The van der Waals surface area contributed by atoms with E-state index in [-0.39, 0.29) is 18.3 Å². The van der Waals surface area contributed by atoms with Crippen LogP contribution in [0.5, 0.6) is 0 Å². The van der Waals surface area contributed by atoms with Crippen LogP contribution in [-0.2, 0) is 22.8 Å². The summed E-state index contributed by atoms with van der Waals surface area (Å²) in [6.07, 6.45) is 3.52. The molecule has 0 spiro atoms. The first-order chi connectivity index (χ1) is 14.7. The van der Waals surface area contributed by atoms with Gasteiger partial charge in [-0.3, -0.25) is 4.79 Å². The van der Waals surface area contributed by atoms with E-state index in [1.807, 2.05) is 65.4 Å². The number of carbonyl (C=O) groups is 1. The SMILES string of the molecule is O=C(Cn1cc(C=NOCc2ccccc2)c2ccccc21)Nc1ccc(F)cc1. The molecule has 5 nitrogen and oxygen atoms in total. The molecule has 3 aromatic carbocycles. The van der Waals surface area contributed by atoms with Gasteiger partial charge in [-0.1, -0.05) is 53.7 Å². The molecule has 0 saturated carbocycles. The number of nitrogens with zero attached hydrogens (tertiary/aromatic N) is 2. The van der Waals surface area contributed by atoms with Crippen LogP contribution in [0.25, 0.3) is 10.9 Å². The predicted octanol–water partition coefficient (Wildman–Crippen LogP) is 4.97. The standard InChI is InChI=1S/C24H20FN3O2/c25-20-10-12-21(13-11-20)27-24(29)16-28-15-19(22-8-4-5-9-23(22)28)14-26-30-17-18-6-2-1-3-7-18/h1-15H,16-17H2,(H,27,29). The lowest BCUT2D eigenvalue weighted by Gasteiger charge is -2.07. The molecular weight excluding hydrogens is 381 g/mol. The molecule has 0 aliphatic rings. The van der Waals surface area contributed by atoms with Crippen LogP contribution in [0.15, 0.2) is 90.2 Å². The molecule has 0 unspecified atom stereocenters. The third-order valence-corrected chi connectivity index (χ3v) is 4.60. The minimum absolute atomic E-state index is 0.122. The molecule has 1 aromatic heterocycles. The lowest BCUT2D eigenvalue weighted by molar-refractivity contribution is -0.116. The van der Waals surface area contributed by atoms with Crippen LogP contribution in [-0.4, -0.2) is 16.7 Å². The molecule has 0 fully saturated rings. The lowest BCUT2D eigenvalue weighted by Crippen LogP contribution is -2.18. The van der Waals surface area contributed by atoms with Gasteiger partial charge in [0.1, 0.15) is 19.0 Å². The Labute approximate surface area is 173 Å². The predicted molar refractivity (Wildman–Crippen MR) is 116 cm³/mol. The van der Waals surface area contributed by atoms with Gasteiger partial charge in [0.05, 0.1) is 6.21 Å². The highest BCUT2D eigenvalue weighted by Crippen LogP contribution is 2.20. The van der Waals surface area contributed by atoms with Gasteiger partial charge >= 0.3 is 0 Å². The average Bonchev–Trinajstić information content (AvgIpc) is 3.11. The number of anilines is 1. The van der Waals surface area contributed by atoms with Crippen LogP contribution in [0.4, 0.5) is 10.1 Å². The van der Waals surface area contributed by atoms with Crippen LogP contribution in [0.3, 0.4) is 0 Å². The number of amides is 1. The molecule has 1 heterocycles. The first kappa shape index (κ1) is 19.4. The van der Waals surface area contributed by atoms with E-state index >= 15 is 0 Å². The van der Waals surface area contributed by atoms with E-state index in [0.717, 1.165) is 22.0 Å². The summed E-state index contributed by atoms with van der Waals surface area (Å²) in [5, 5.41) is 7.83. The molecule has 1 N–H and O–H groups in total. The summed E-state index contributed by atoms with van der Waals surface area (Å²) < 4.78 is 14.9. The fraction of sp³-hybridized carbons (Fsp3) is 0.0833. The van der Waals surface area contributed by atoms with Crippen LogP contribution < -0.4 is 5.32 Å². The molecule has 4 aromatic rings. The summed E-state index contributed by atoms with van der Waals surface area (Å²) in [4.78, 5) is 17.9. The maximum atomic E-state index is 13.0. The number of oxime groups is 1. The van der Waals surface area contributed by atoms with Gasteiger partial charge in [-0.25, -0.2) is 4.39 Å². The Morgan fingerprint density at radius 1 is 1.00 bits per heavy atom. The lowest BCUT2D eigenvalue weighted by atomic mass is 10.2. The van der Waals surface area contributed by atoms with Gasteiger partial charge in [-0.05, 0) is 35.9 Å². The smallest absolute Gasteiger partial charge is 0.244 e. The van der Waals surface area contributed by atoms with Crippen molar-refractivity contribution in [2.75, 3.05) is 5.32 Å². The summed E-state index contributed by atoms with van der Waals surface area (Å²) in [6, 6.07) is 23.3. The fourth-order valence-electron chi connectivity index (χ4n) is 3.18. The molecule has 1 amide bonds. The molecular formula is C24H20FN3O2. The zero-order valence-electron chi connectivity index (χ0n) is 16.2. The Morgan fingerprint density at radius 3 is 2.53 bits per heavy atom. The van der Waals surface area contributed by atoms with Crippen molar-refractivity contribution >= 4 is 28.7 Å². The van der Waals surface area contributed by atoms with Gasteiger partial charge in [-0.15, -0.1) is 0 Å². The number of benzene rings is 3.